The zero-order valence-electron chi connectivity index (χ0n) is 4.10. The average molecular weight is 104 g/mol. The largest absolute Gasteiger partial charge is 0.325 e. The van der Waals surface area contributed by atoms with Gasteiger partial charge in [-0.15, -0.1) is 0 Å². The Labute approximate surface area is 42.1 Å². The summed E-state index contributed by atoms with van der Waals surface area (Å²) in [5.41, 5.74) is 5.34. The molecule has 0 saturated carbocycles. The summed E-state index contributed by atoms with van der Waals surface area (Å²) in [5, 5.41) is 0. The molecule has 2 N–H and O–H groups in total. The fourth-order valence-corrected chi connectivity index (χ4v) is 0.707. The van der Waals surface area contributed by atoms with Crippen LogP contribution in [0.3, 0.4) is 0 Å². The highest BCUT2D eigenvalue weighted by Crippen LogP contribution is 2.02. The van der Waals surface area contributed by atoms with E-state index in [-0.39, 0.29) is 12.8 Å². The summed E-state index contributed by atoms with van der Waals surface area (Å²) >= 11 is 0. The van der Waals surface area contributed by atoms with Crippen LogP contribution in [0.5, 0.6) is 0 Å². The van der Waals surface area contributed by atoms with Crippen LogP contribution >= 0.6 is 0 Å². The van der Waals surface area contributed by atoms with Crippen LogP contribution in [-0.2, 0) is 0 Å². The van der Waals surface area contributed by atoms with Gasteiger partial charge in [-0.25, -0.2) is 4.39 Å². The molecular formula is C4H9FN2. The Morgan fingerprint density at radius 1 is 1.71 bits per heavy atom. The number of alkyl halides is 1. The van der Waals surface area contributed by atoms with Crippen LogP contribution < -0.4 is 5.73 Å². The Morgan fingerprint density at radius 3 is 2.43 bits per heavy atom. The molecule has 0 radical (unpaired) electrons. The molecule has 7 heavy (non-hydrogen) atoms. The number of hydrogen-bond acceptors (Lipinski definition) is 2. The maximum atomic E-state index is 11.5. The van der Waals surface area contributed by atoms with Gasteiger partial charge >= 0.3 is 0 Å². The predicted octanol–water partition coefficient (Wildman–Crippen LogP) is -0.444. The van der Waals surface area contributed by atoms with Crippen LogP contribution in [0.1, 0.15) is 0 Å². The Balaban J connectivity index is 2.06. The van der Waals surface area contributed by atoms with Crippen LogP contribution in [0.15, 0.2) is 0 Å². The van der Waals surface area contributed by atoms with Gasteiger partial charge in [0.05, 0.1) is 0 Å². The minimum atomic E-state index is -0.340. The van der Waals surface area contributed by atoms with Gasteiger partial charge in [0, 0.05) is 19.1 Å². The third-order valence-corrected chi connectivity index (χ3v) is 1.15. The number of hydrogen-bond donors (Lipinski definition) is 1. The SMILES string of the molecule is NC1CN(CF)C1. The highest BCUT2D eigenvalue weighted by molar-refractivity contribution is 4.79. The summed E-state index contributed by atoms with van der Waals surface area (Å²) in [7, 11) is 0. The van der Waals surface area contributed by atoms with Crippen LogP contribution in [0.2, 0.25) is 0 Å². The van der Waals surface area contributed by atoms with Crippen molar-refractivity contribution in [3.8, 4) is 0 Å². The quantitative estimate of drug-likeness (QED) is 0.457. The van der Waals surface area contributed by atoms with Crippen molar-refractivity contribution < 1.29 is 4.39 Å². The summed E-state index contributed by atoms with van der Waals surface area (Å²) in [6, 6.07) is 0.232. The van der Waals surface area contributed by atoms with E-state index in [2.05, 4.69) is 0 Å². The third kappa shape index (κ3) is 0.894. The van der Waals surface area contributed by atoms with E-state index in [0.717, 1.165) is 13.1 Å². The minimum absolute atomic E-state index is 0.232. The van der Waals surface area contributed by atoms with Crippen molar-refractivity contribution in [1.82, 2.24) is 4.90 Å². The van der Waals surface area contributed by atoms with Gasteiger partial charge in [-0.05, 0) is 0 Å². The molecule has 1 heterocycles. The topological polar surface area (TPSA) is 29.3 Å². The number of halogens is 1. The van der Waals surface area contributed by atoms with Gasteiger partial charge in [0.1, 0.15) is 6.80 Å². The lowest BCUT2D eigenvalue weighted by Crippen LogP contribution is -2.54. The molecular weight excluding hydrogens is 95.1 g/mol. The third-order valence-electron chi connectivity index (χ3n) is 1.15. The van der Waals surface area contributed by atoms with Crippen LogP contribution in [0.25, 0.3) is 0 Å². The Bertz CT molecular complexity index is 60.7. The van der Waals surface area contributed by atoms with Gasteiger partial charge in [-0.3, -0.25) is 4.90 Å². The molecule has 0 amide bonds. The molecule has 1 aliphatic rings. The molecule has 0 aromatic carbocycles. The summed E-state index contributed by atoms with van der Waals surface area (Å²) in [6.07, 6.45) is 0. The molecule has 0 atom stereocenters. The monoisotopic (exact) mass is 104 g/mol. The first-order valence-corrected chi connectivity index (χ1v) is 2.37. The van der Waals surface area contributed by atoms with Crippen molar-refractivity contribution in [2.75, 3.05) is 19.9 Å². The number of nitrogens with zero attached hydrogens (tertiary/aromatic N) is 1. The maximum Gasteiger partial charge on any atom is 0.143 e. The fraction of sp³-hybridized carbons (Fsp3) is 1.00. The smallest absolute Gasteiger partial charge is 0.143 e. The molecule has 0 spiro atoms. The highest BCUT2D eigenvalue weighted by atomic mass is 19.1. The normalized spacial score (nSPS) is 24.9. The first kappa shape index (κ1) is 5.00. The van der Waals surface area contributed by atoms with Crippen molar-refractivity contribution in [3.05, 3.63) is 0 Å². The van der Waals surface area contributed by atoms with E-state index in [1.54, 1.807) is 4.90 Å². The number of likely N-dealkylation sites (tertiary alicyclic amines) is 1. The second-order valence-electron chi connectivity index (χ2n) is 1.92. The van der Waals surface area contributed by atoms with E-state index in [1.807, 2.05) is 0 Å². The van der Waals surface area contributed by atoms with E-state index in [9.17, 15) is 4.39 Å². The molecule has 1 saturated heterocycles. The highest BCUT2D eigenvalue weighted by Gasteiger charge is 2.21. The number of rotatable bonds is 1. The standard InChI is InChI=1S/C4H9FN2/c5-3-7-1-4(6)2-7/h4H,1-3,6H2. The van der Waals surface area contributed by atoms with Gasteiger partial charge in [0.25, 0.3) is 0 Å². The molecule has 42 valence electrons. The van der Waals surface area contributed by atoms with E-state index in [0.29, 0.717) is 0 Å². The van der Waals surface area contributed by atoms with Gasteiger partial charge in [-0.1, -0.05) is 0 Å². The number of nitrogens with two attached hydrogens (primary N) is 1. The van der Waals surface area contributed by atoms with Crippen molar-refractivity contribution in [2.24, 2.45) is 5.73 Å². The molecule has 0 aliphatic carbocycles. The molecule has 0 aromatic rings. The van der Waals surface area contributed by atoms with Gasteiger partial charge in [0.15, 0.2) is 0 Å². The molecule has 1 fully saturated rings. The van der Waals surface area contributed by atoms with Crippen molar-refractivity contribution >= 4 is 0 Å². The molecule has 0 unspecified atom stereocenters. The Kier molecular flexibility index (Phi) is 1.25. The lowest BCUT2D eigenvalue weighted by atomic mass is 10.2. The minimum Gasteiger partial charge on any atom is -0.325 e. The second-order valence-corrected chi connectivity index (χ2v) is 1.92. The molecule has 0 bridgehead atoms. The Hall–Kier alpha value is -0.150. The lowest BCUT2D eigenvalue weighted by Gasteiger charge is -2.33. The van der Waals surface area contributed by atoms with Crippen molar-refractivity contribution in [1.29, 1.82) is 0 Å². The van der Waals surface area contributed by atoms with E-state index >= 15 is 0 Å². The van der Waals surface area contributed by atoms with E-state index < -0.39 is 0 Å². The van der Waals surface area contributed by atoms with E-state index in [4.69, 9.17) is 5.73 Å². The van der Waals surface area contributed by atoms with E-state index in [1.165, 1.54) is 0 Å². The van der Waals surface area contributed by atoms with Gasteiger partial charge < -0.3 is 5.73 Å². The van der Waals surface area contributed by atoms with Crippen molar-refractivity contribution in [3.63, 3.8) is 0 Å². The van der Waals surface area contributed by atoms with Gasteiger partial charge in [0.2, 0.25) is 0 Å². The summed E-state index contributed by atoms with van der Waals surface area (Å²) in [5.74, 6) is 0. The molecule has 0 aromatic heterocycles. The van der Waals surface area contributed by atoms with Crippen molar-refractivity contribution in [2.45, 2.75) is 6.04 Å². The molecule has 3 heteroatoms. The first-order chi connectivity index (χ1) is 3.33. The second kappa shape index (κ2) is 1.76. The van der Waals surface area contributed by atoms with Gasteiger partial charge in [-0.2, -0.15) is 0 Å². The predicted molar refractivity (Wildman–Crippen MR) is 25.5 cm³/mol. The van der Waals surface area contributed by atoms with Crippen LogP contribution in [0, 0.1) is 0 Å². The summed E-state index contributed by atoms with van der Waals surface area (Å²) in [6.45, 7) is 1.13. The summed E-state index contributed by atoms with van der Waals surface area (Å²) in [4.78, 5) is 1.66. The molecule has 1 aliphatic heterocycles. The van der Waals surface area contributed by atoms with Crippen LogP contribution in [0.4, 0.5) is 4.39 Å². The lowest BCUT2D eigenvalue weighted by molar-refractivity contribution is 0.0942. The molecule has 2 nitrogen and oxygen atoms in total. The molecule has 1 rings (SSSR count). The average Bonchev–Trinajstić information content (AvgIpc) is 1.58. The maximum absolute atomic E-state index is 11.5. The zero-order valence-corrected chi connectivity index (χ0v) is 4.10. The Morgan fingerprint density at radius 2 is 2.29 bits per heavy atom. The zero-order chi connectivity index (χ0) is 5.28. The first-order valence-electron chi connectivity index (χ1n) is 2.37. The fourth-order valence-electron chi connectivity index (χ4n) is 0.707. The van der Waals surface area contributed by atoms with Crippen LogP contribution in [-0.4, -0.2) is 30.8 Å². The summed E-state index contributed by atoms with van der Waals surface area (Å²) < 4.78 is 11.5.